The largest absolute Gasteiger partial charge is 0.466 e. The van der Waals surface area contributed by atoms with Gasteiger partial charge in [-0.3, -0.25) is 9.69 Å². The standard InChI is InChI=1S/C14H24F3NO3/c1-3-18(10-14(15,16)17)9-13(20)7-5-11(6-8-13)12(19)21-4-2/h11,20H,3-10H2,1-2H3. The van der Waals surface area contributed by atoms with Crippen LogP contribution in [0.3, 0.4) is 0 Å². The van der Waals surface area contributed by atoms with E-state index >= 15 is 0 Å². The van der Waals surface area contributed by atoms with Crippen molar-refractivity contribution in [2.45, 2.75) is 51.3 Å². The highest BCUT2D eigenvalue weighted by atomic mass is 19.4. The van der Waals surface area contributed by atoms with Gasteiger partial charge in [-0.15, -0.1) is 0 Å². The first kappa shape index (κ1) is 18.2. The van der Waals surface area contributed by atoms with Gasteiger partial charge in [0.25, 0.3) is 0 Å². The van der Waals surface area contributed by atoms with Gasteiger partial charge in [0.15, 0.2) is 0 Å². The highest BCUT2D eigenvalue weighted by molar-refractivity contribution is 5.72. The Bertz CT molecular complexity index is 339. The van der Waals surface area contributed by atoms with Crippen LogP contribution in [0.1, 0.15) is 39.5 Å². The normalized spacial score (nSPS) is 26.9. The van der Waals surface area contributed by atoms with Gasteiger partial charge >= 0.3 is 12.1 Å². The summed E-state index contributed by atoms with van der Waals surface area (Å²) in [7, 11) is 0. The minimum atomic E-state index is -4.27. The molecule has 0 heterocycles. The number of halogens is 3. The molecular weight excluding hydrogens is 287 g/mol. The molecule has 21 heavy (non-hydrogen) atoms. The van der Waals surface area contributed by atoms with Crippen LogP contribution in [0.4, 0.5) is 13.2 Å². The molecule has 0 aliphatic heterocycles. The average Bonchev–Trinajstić information content (AvgIpc) is 2.37. The van der Waals surface area contributed by atoms with Crippen LogP contribution in [0.5, 0.6) is 0 Å². The number of esters is 1. The van der Waals surface area contributed by atoms with Crippen LogP contribution >= 0.6 is 0 Å². The van der Waals surface area contributed by atoms with Gasteiger partial charge in [-0.05, 0) is 39.2 Å². The van der Waals surface area contributed by atoms with E-state index in [9.17, 15) is 23.1 Å². The molecular formula is C14H24F3NO3. The lowest BCUT2D eigenvalue weighted by molar-refractivity contribution is -0.157. The van der Waals surface area contributed by atoms with E-state index in [1.807, 2.05) is 0 Å². The number of ether oxygens (including phenoxy) is 1. The molecule has 1 saturated carbocycles. The van der Waals surface area contributed by atoms with Crippen molar-refractivity contribution in [2.24, 2.45) is 5.92 Å². The molecule has 1 N–H and O–H groups in total. The summed E-state index contributed by atoms with van der Waals surface area (Å²) < 4.78 is 42.3. The lowest BCUT2D eigenvalue weighted by Crippen LogP contribution is -2.48. The first-order chi connectivity index (χ1) is 9.69. The molecule has 0 spiro atoms. The molecule has 124 valence electrons. The molecule has 0 saturated heterocycles. The SMILES string of the molecule is CCOC(=O)C1CCC(O)(CN(CC)CC(F)(F)F)CC1. The molecule has 0 atom stereocenters. The zero-order valence-electron chi connectivity index (χ0n) is 12.6. The molecule has 1 aliphatic carbocycles. The third kappa shape index (κ3) is 6.22. The monoisotopic (exact) mass is 311 g/mol. The fourth-order valence-electron chi connectivity index (χ4n) is 2.76. The van der Waals surface area contributed by atoms with Crippen molar-refractivity contribution in [3.63, 3.8) is 0 Å². The van der Waals surface area contributed by atoms with Crippen LogP contribution in [0.2, 0.25) is 0 Å². The highest BCUT2D eigenvalue weighted by Crippen LogP contribution is 2.34. The predicted molar refractivity (Wildman–Crippen MR) is 71.7 cm³/mol. The van der Waals surface area contributed by atoms with Crippen LogP contribution in [-0.4, -0.2) is 54.0 Å². The maximum absolute atomic E-state index is 12.4. The Morgan fingerprint density at radius 3 is 2.33 bits per heavy atom. The molecule has 1 rings (SSSR count). The maximum atomic E-state index is 12.4. The van der Waals surface area contributed by atoms with Crippen molar-refractivity contribution in [1.82, 2.24) is 4.90 Å². The predicted octanol–water partition coefficient (Wildman–Crippen LogP) is 2.36. The average molecular weight is 311 g/mol. The summed E-state index contributed by atoms with van der Waals surface area (Å²) in [6.07, 6.45) is -2.71. The first-order valence-corrected chi connectivity index (χ1v) is 7.37. The molecule has 0 unspecified atom stereocenters. The first-order valence-electron chi connectivity index (χ1n) is 7.37. The summed E-state index contributed by atoms with van der Waals surface area (Å²) >= 11 is 0. The van der Waals surface area contributed by atoms with Crippen LogP contribution in [0, 0.1) is 5.92 Å². The Balaban J connectivity index is 2.51. The summed E-state index contributed by atoms with van der Waals surface area (Å²) in [5.41, 5.74) is -1.15. The van der Waals surface area contributed by atoms with Gasteiger partial charge < -0.3 is 9.84 Å². The number of rotatable bonds is 6. The Morgan fingerprint density at radius 2 is 1.90 bits per heavy atom. The van der Waals surface area contributed by atoms with E-state index in [4.69, 9.17) is 4.74 Å². The zero-order valence-corrected chi connectivity index (χ0v) is 12.6. The van der Waals surface area contributed by atoms with Gasteiger partial charge in [-0.2, -0.15) is 13.2 Å². The third-order valence-electron chi connectivity index (χ3n) is 3.90. The minimum absolute atomic E-state index is 0.0153. The second kappa shape index (κ2) is 7.45. The van der Waals surface area contributed by atoms with Crippen LogP contribution < -0.4 is 0 Å². The molecule has 1 fully saturated rings. The Morgan fingerprint density at radius 1 is 1.33 bits per heavy atom. The van der Waals surface area contributed by atoms with Gasteiger partial charge in [0.05, 0.1) is 24.7 Å². The minimum Gasteiger partial charge on any atom is -0.466 e. The van der Waals surface area contributed by atoms with E-state index in [1.54, 1.807) is 13.8 Å². The van der Waals surface area contributed by atoms with Crippen molar-refractivity contribution < 1.29 is 27.8 Å². The van der Waals surface area contributed by atoms with Crippen LogP contribution in [0.25, 0.3) is 0 Å². The van der Waals surface area contributed by atoms with E-state index in [0.717, 1.165) is 0 Å². The Hall–Kier alpha value is -0.820. The summed E-state index contributed by atoms with van der Waals surface area (Å²) in [5.74, 6) is -0.523. The fourth-order valence-corrected chi connectivity index (χ4v) is 2.76. The van der Waals surface area contributed by atoms with E-state index in [0.29, 0.717) is 32.3 Å². The number of hydrogen-bond donors (Lipinski definition) is 1. The Kier molecular flexibility index (Phi) is 6.46. The molecule has 0 radical (unpaired) electrons. The molecule has 0 aromatic rings. The fraction of sp³-hybridized carbons (Fsp3) is 0.929. The van der Waals surface area contributed by atoms with Crippen molar-refractivity contribution >= 4 is 5.97 Å². The van der Waals surface area contributed by atoms with E-state index in [1.165, 1.54) is 4.90 Å². The lowest BCUT2D eigenvalue weighted by atomic mass is 9.78. The molecule has 0 aromatic carbocycles. The molecule has 1 aliphatic rings. The van der Waals surface area contributed by atoms with E-state index in [-0.39, 0.29) is 25.0 Å². The molecule has 0 bridgehead atoms. The third-order valence-corrected chi connectivity index (χ3v) is 3.90. The van der Waals surface area contributed by atoms with Crippen LogP contribution in [-0.2, 0) is 9.53 Å². The smallest absolute Gasteiger partial charge is 0.401 e. The van der Waals surface area contributed by atoms with Crippen molar-refractivity contribution in [3.05, 3.63) is 0 Å². The maximum Gasteiger partial charge on any atom is 0.401 e. The Labute approximate surface area is 123 Å². The van der Waals surface area contributed by atoms with Gasteiger partial charge in [-0.25, -0.2) is 0 Å². The van der Waals surface area contributed by atoms with E-state index in [2.05, 4.69) is 0 Å². The second-order valence-corrected chi connectivity index (χ2v) is 5.67. The quantitative estimate of drug-likeness (QED) is 0.765. The summed E-state index contributed by atoms with van der Waals surface area (Å²) in [6.45, 7) is 2.87. The highest BCUT2D eigenvalue weighted by Gasteiger charge is 2.39. The van der Waals surface area contributed by atoms with Gasteiger partial charge in [0.2, 0.25) is 0 Å². The van der Waals surface area contributed by atoms with Gasteiger partial charge in [-0.1, -0.05) is 6.92 Å². The van der Waals surface area contributed by atoms with Crippen molar-refractivity contribution in [2.75, 3.05) is 26.2 Å². The number of alkyl halides is 3. The summed E-state index contributed by atoms with van der Waals surface area (Å²) in [4.78, 5) is 12.8. The summed E-state index contributed by atoms with van der Waals surface area (Å²) in [6, 6.07) is 0. The van der Waals surface area contributed by atoms with Crippen molar-refractivity contribution in [3.8, 4) is 0 Å². The van der Waals surface area contributed by atoms with Crippen LogP contribution in [0.15, 0.2) is 0 Å². The zero-order chi connectivity index (χ0) is 16.1. The number of aliphatic hydroxyl groups is 1. The molecule has 0 aromatic heterocycles. The van der Waals surface area contributed by atoms with E-state index < -0.39 is 18.3 Å². The number of hydrogen-bond acceptors (Lipinski definition) is 4. The second-order valence-electron chi connectivity index (χ2n) is 5.67. The topological polar surface area (TPSA) is 49.8 Å². The van der Waals surface area contributed by atoms with Gasteiger partial charge in [0, 0.05) is 6.54 Å². The number of carbonyl (C=O) groups is 1. The number of nitrogens with zero attached hydrogens (tertiary/aromatic N) is 1. The molecule has 4 nitrogen and oxygen atoms in total. The van der Waals surface area contributed by atoms with Crippen molar-refractivity contribution in [1.29, 1.82) is 0 Å². The summed E-state index contributed by atoms with van der Waals surface area (Å²) in [5, 5.41) is 10.4. The molecule has 0 amide bonds. The molecule has 7 heteroatoms. The number of likely N-dealkylation sites (N-methyl/N-ethyl adjacent to an activating group) is 1. The lowest BCUT2D eigenvalue weighted by Gasteiger charge is -2.38. The van der Waals surface area contributed by atoms with Gasteiger partial charge in [0.1, 0.15) is 0 Å². The number of carbonyl (C=O) groups excluding carboxylic acids is 1.